The molecule has 0 unspecified atom stereocenters. The van der Waals surface area contributed by atoms with Crippen molar-refractivity contribution in [1.82, 2.24) is 4.98 Å². The lowest BCUT2D eigenvalue weighted by Crippen LogP contribution is -1.87. The quantitative estimate of drug-likeness (QED) is 0.767. The van der Waals surface area contributed by atoms with Crippen molar-refractivity contribution in [2.24, 2.45) is 0 Å². The van der Waals surface area contributed by atoms with Crippen molar-refractivity contribution >= 4 is 24.0 Å². The minimum Gasteiger partial charge on any atom is -0.298 e. The fourth-order valence-electron chi connectivity index (χ4n) is 1.50. The van der Waals surface area contributed by atoms with E-state index in [1.807, 2.05) is 18.2 Å². The summed E-state index contributed by atoms with van der Waals surface area (Å²) in [4.78, 5) is 14.8. The van der Waals surface area contributed by atoms with Gasteiger partial charge >= 0.3 is 0 Å². The first-order valence-corrected chi connectivity index (χ1v) is 5.46. The molecule has 0 radical (unpaired) electrons. The number of hydrogen-bond donors (Lipinski definition) is 0. The van der Waals surface area contributed by atoms with Crippen LogP contribution in [0.4, 0.5) is 0 Å². The maximum Gasteiger partial charge on any atom is 0.150 e. The molecule has 1 heterocycles. The summed E-state index contributed by atoms with van der Waals surface area (Å²) in [5.41, 5.74) is 3.10. The number of aromatic nitrogens is 1. The zero-order valence-corrected chi connectivity index (χ0v) is 9.82. The molecule has 0 N–H and O–H groups in total. The van der Waals surface area contributed by atoms with Crippen LogP contribution in [-0.4, -0.2) is 11.3 Å². The summed E-state index contributed by atoms with van der Waals surface area (Å²) in [6, 6.07) is 8.94. The molecule has 0 saturated carbocycles. The van der Waals surface area contributed by atoms with Gasteiger partial charge in [0, 0.05) is 17.3 Å². The van der Waals surface area contributed by atoms with Crippen molar-refractivity contribution in [1.29, 1.82) is 0 Å². The van der Waals surface area contributed by atoms with Crippen LogP contribution < -0.4 is 0 Å². The van der Waals surface area contributed by atoms with Gasteiger partial charge in [-0.3, -0.25) is 9.78 Å². The van der Waals surface area contributed by atoms with E-state index in [0.29, 0.717) is 16.3 Å². The summed E-state index contributed by atoms with van der Waals surface area (Å²) in [6.45, 7) is 3.66. The molecular weight excluding hydrogens is 234 g/mol. The molecule has 0 saturated heterocycles. The third-order valence-corrected chi connectivity index (χ3v) is 2.71. The molecule has 2 rings (SSSR count). The molecule has 0 aliphatic heterocycles. The second-order valence-corrected chi connectivity index (χ2v) is 3.95. The van der Waals surface area contributed by atoms with Crippen molar-refractivity contribution in [3.05, 3.63) is 59.3 Å². The number of carbonyl (C=O) groups is 1. The Hall–Kier alpha value is -1.93. The molecule has 0 aliphatic rings. The minimum atomic E-state index is 0.571. The van der Waals surface area contributed by atoms with E-state index in [4.69, 9.17) is 11.6 Å². The Bertz CT molecular complexity index is 561. The Labute approximate surface area is 105 Å². The van der Waals surface area contributed by atoms with Gasteiger partial charge in [0.05, 0.1) is 10.7 Å². The normalized spacial score (nSPS) is 9.94. The second-order valence-electron chi connectivity index (χ2n) is 3.54. The molecule has 17 heavy (non-hydrogen) atoms. The molecule has 0 fully saturated rings. The Morgan fingerprint density at radius 3 is 2.41 bits per heavy atom. The van der Waals surface area contributed by atoms with Crippen LogP contribution >= 0.6 is 11.6 Å². The number of nitrogens with zero attached hydrogens (tertiary/aromatic N) is 1. The second kappa shape index (κ2) is 4.93. The zero-order chi connectivity index (χ0) is 12.3. The fraction of sp³-hybridized carbons (Fsp3) is 0. The molecule has 0 spiro atoms. The van der Waals surface area contributed by atoms with Gasteiger partial charge in [0.1, 0.15) is 6.29 Å². The van der Waals surface area contributed by atoms with Gasteiger partial charge < -0.3 is 0 Å². The molecule has 84 valence electrons. The van der Waals surface area contributed by atoms with Gasteiger partial charge in [-0.2, -0.15) is 0 Å². The van der Waals surface area contributed by atoms with Crippen molar-refractivity contribution in [3.63, 3.8) is 0 Å². The predicted molar refractivity (Wildman–Crippen MR) is 70.2 cm³/mol. The number of carbonyl (C=O) groups excluding carboxylic acids is 1. The van der Waals surface area contributed by atoms with Gasteiger partial charge in [-0.05, 0) is 11.6 Å². The molecule has 0 bridgehead atoms. The summed E-state index contributed by atoms with van der Waals surface area (Å²) >= 11 is 6.14. The summed E-state index contributed by atoms with van der Waals surface area (Å²) in [5, 5.41) is 0.571. The Morgan fingerprint density at radius 2 is 1.88 bits per heavy atom. The molecule has 2 aromatic rings. The molecular formula is C14H10ClNO. The van der Waals surface area contributed by atoms with Gasteiger partial charge in [-0.15, -0.1) is 0 Å². The van der Waals surface area contributed by atoms with Gasteiger partial charge in [-0.25, -0.2) is 0 Å². The summed E-state index contributed by atoms with van der Waals surface area (Å²) in [7, 11) is 0. The maximum atomic E-state index is 10.6. The fourth-order valence-corrected chi connectivity index (χ4v) is 1.78. The van der Waals surface area contributed by atoms with Crippen LogP contribution in [-0.2, 0) is 0 Å². The standard InChI is InChI=1S/C14H10ClNO/c1-2-10-7-13(15)14(16-8-10)12-5-3-11(9-17)4-6-12/h2-9H,1H2. The number of aldehydes is 1. The van der Waals surface area contributed by atoms with Crippen molar-refractivity contribution < 1.29 is 4.79 Å². The SMILES string of the molecule is C=Cc1cnc(-c2ccc(C=O)cc2)c(Cl)c1. The van der Waals surface area contributed by atoms with Gasteiger partial charge in [0.25, 0.3) is 0 Å². The monoisotopic (exact) mass is 243 g/mol. The van der Waals surface area contributed by atoms with E-state index in [-0.39, 0.29) is 0 Å². The Kier molecular flexibility index (Phi) is 3.35. The highest BCUT2D eigenvalue weighted by molar-refractivity contribution is 6.33. The van der Waals surface area contributed by atoms with E-state index in [1.54, 1.807) is 24.4 Å². The van der Waals surface area contributed by atoms with Gasteiger partial charge in [0.2, 0.25) is 0 Å². The average Bonchev–Trinajstić information content (AvgIpc) is 2.39. The molecule has 0 amide bonds. The van der Waals surface area contributed by atoms with Crippen LogP contribution in [0.25, 0.3) is 17.3 Å². The lowest BCUT2D eigenvalue weighted by molar-refractivity contribution is 0.112. The minimum absolute atomic E-state index is 0.571. The largest absolute Gasteiger partial charge is 0.298 e. The number of halogens is 1. The maximum absolute atomic E-state index is 10.6. The molecule has 3 heteroatoms. The predicted octanol–water partition coefficient (Wildman–Crippen LogP) is 3.86. The topological polar surface area (TPSA) is 30.0 Å². The lowest BCUT2D eigenvalue weighted by atomic mass is 10.1. The smallest absolute Gasteiger partial charge is 0.150 e. The zero-order valence-electron chi connectivity index (χ0n) is 9.06. The number of pyridine rings is 1. The van der Waals surface area contributed by atoms with E-state index in [1.165, 1.54) is 0 Å². The number of rotatable bonds is 3. The molecule has 2 nitrogen and oxygen atoms in total. The number of benzene rings is 1. The summed E-state index contributed by atoms with van der Waals surface area (Å²) < 4.78 is 0. The van der Waals surface area contributed by atoms with Gasteiger partial charge in [0.15, 0.2) is 0 Å². The highest BCUT2D eigenvalue weighted by Gasteiger charge is 2.05. The summed E-state index contributed by atoms with van der Waals surface area (Å²) in [5.74, 6) is 0. The Morgan fingerprint density at radius 1 is 1.18 bits per heavy atom. The highest BCUT2D eigenvalue weighted by Crippen LogP contribution is 2.26. The van der Waals surface area contributed by atoms with E-state index < -0.39 is 0 Å². The highest BCUT2D eigenvalue weighted by atomic mass is 35.5. The first-order chi connectivity index (χ1) is 8.24. The van der Waals surface area contributed by atoms with Crippen LogP contribution in [0.5, 0.6) is 0 Å². The van der Waals surface area contributed by atoms with Crippen molar-refractivity contribution in [2.75, 3.05) is 0 Å². The molecule has 0 atom stereocenters. The third-order valence-electron chi connectivity index (χ3n) is 2.42. The van der Waals surface area contributed by atoms with Crippen molar-refractivity contribution in [2.45, 2.75) is 0 Å². The Balaban J connectivity index is 2.45. The van der Waals surface area contributed by atoms with Gasteiger partial charge in [-0.1, -0.05) is 48.5 Å². The summed E-state index contributed by atoms with van der Waals surface area (Å²) in [6.07, 6.45) is 4.21. The average molecular weight is 244 g/mol. The van der Waals surface area contributed by atoms with E-state index >= 15 is 0 Å². The van der Waals surface area contributed by atoms with Crippen molar-refractivity contribution in [3.8, 4) is 11.3 Å². The third kappa shape index (κ3) is 2.43. The number of hydrogen-bond acceptors (Lipinski definition) is 2. The van der Waals surface area contributed by atoms with Crippen LogP contribution in [0.15, 0.2) is 43.1 Å². The first kappa shape index (κ1) is 11.6. The van der Waals surface area contributed by atoms with Crippen LogP contribution in [0.1, 0.15) is 15.9 Å². The van der Waals surface area contributed by atoms with Crippen LogP contribution in [0, 0.1) is 0 Å². The molecule has 1 aromatic carbocycles. The first-order valence-electron chi connectivity index (χ1n) is 5.08. The van der Waals surface area contributed by atoms with Crippen LogP contribution in [0.2, 0.25) is 5.02 Å². The van der Waals surface area contributed by atoms with E-state index in [9.17, 15) is 4.79 Å². The van der Waals surface area contributed by atoms with E-state index in [2.05, 4.69) is 11.6 Å². The van der Waals surface area contributed by atoms with E-state index in [0.717, 1.165) is 17.4 Å². The lowest BCUT2D eigenvalue weighted by Gasteiger charge is -2.04. The van der Waals surface area contributed by atoms with Crippen LogP contribution in [0.3, 0.4) is 0 Å². The molecule has 0 aliphatic carbocycles. The molecule has 1 aromatic heterocycles.